The topological polar surface area (TPSA) is 26.0 Å². The van der Waals surface area contributed by atoms with E-state index in [1.54, 1.807) is 0 Å². The smallest absolute Gasteiger partial charge is 0.0320 e. The first-order valence-corrected chi connectivity index (χ1v) is 3.60. The molecular weight excluding hydrogens is 134 g/mol. The fraction of sp³-hybridized carbons (Fsp3) is 0. The van der Waals surface area contributed by atoms with Crippen LogP contribution in [0.15, 0.2) is 42.5 Å². The molecular formula is C10H9N. The summed E-state index contributed by atoms with van der Waals surface area (Å²) in [6.45, 7) is 0. The lowest BCUT2D eigenvalue weighted by Crippen LogP contribution is -1.78. The van der Waals surface area contributed by atoms with Gasteiger partial charge in [0.15, 0.2) is 0 Å². The highest BCUT2D eigenvalue weighted by Crippen LogP contribution is 2.22. The van der Waals surface area contributed by atoms with Crippen LogP contribution in [-0.4, -0.2) is 0 Å². The molecule has 2 rings (SSSR count). The maximum Gasteiger partial charge on any atom is 0.0320 e. The molecule has 0 aromatic heterocycles. The van der Waals surface area contributed by atoms with Crippen molar-refractivity contribution in [1.29, 1.82) is 0 Å². The molecule has 1 nitrogen and oxygen atoms in total. The lowest BCUT2D eigenvalue weighted by Gasteiger charge is -1.88. The van der Waals surface area contributed by atoms with E-state index in [9.17, 15) is 0 Å². The molecule has 54 valence electrons. The average molecular weight is 143 g/mol. The van der Waals surface area contributed by atoms with E-state index in [0.29, 0.717) is 0 Å². The monoisotopic (exact) mass is 143 g/mol. The lowest BCUT2D eigenvalue weighted by atomic mass is 10.2. The highest BCUT2D eigenvalue weighted by Gasteiger charge is 1.97. The van der Waals surface area contributed by atoms with E-state index in [1.165, 1.54) is 11.1 Å². The molecule has 0 unspecified atom stereocenters. The van der Waals surface area contributed by atoms with Gasteiger partial charge in [0.05, 0.1) is 0 Å². The van der Waals surface area contributed by atoms with E-state index in [0.717, 1.165) is 5.69 Å². The molecule has 11 heavy (non-hydrogen) atoms. The van der Waals surface area contributed by atoms with Gasteiger partial charge in [-0.1, -0.05) is 30.3 Å². The number of fused-ring (bicyclic) bond motifs is 1. The fourth-order valence-corrected chi connectivity index (χ4v) is 1.22. The Labute approximate surface area is 65.8 Å². The number of anilines is 1. The summed E-state index contributed by atoms with van der Waals surface area (Å²) in [4.78, 5) is 0. The zero-order valence-electron chi connectivity index (χ0n) is 6.12. The Hall–Kier alpha value is -1.50. The Balaban J connectivity index is 2.73. The number of nitrogens with two attached hydrogens (primary N) is 1. The summed E-state index contributed by atoms with van der Waals surface area (Å²) in [5, 5.41) is 0. The standard InChI is InChI=1S/C10H9N/c11-10-6-2-4-8-3-1-5-9(8)7-10/h1-7H,11H2. The second-order valence-electron chi connectivity index (χ2n) is 2.61. The van der Waals surface area contributed by atoms with Gasteiger partial charge in [-0.25, -0.2) is 0 Å². The van der Waals surface area contributed by atoms with Gasteiger partial charge in [-0.2, -0.15) is 0 Å². The Morgan fingerprint density at radius 2 is 1.45 bits per heavy atom. The molecule has 2 aliphatic carbocycles. The molecule has 0 bridgehead atoms. The quantitative estimate of drug-likeness (QED) is 0.602. The second-order valence-corrected chi connectivity index (χ2v) is 2.61. The molecule has 2 N–H and O–H groups in total. The van der Waals surface area contributed by atoms with Crippen LogP contribution in [0.25, 0.3) is 11.1 Å². The Kier molecular flexibility index (Phi) is 1.29. The zero-order chi connectivity index (χ0) is 7.68. The van der Waals surface area contributed by atoms with E-state index in [4.69, 9.17) is 5.73 Å². The van der Waals surface area contributed by atoms with Gasteiger partial charge in [0.25, 0.3) is 0 Å². The third-order valence-electron chi connectivity index (χ3n) is 1.77. The molecule has 0 aromatic rings. The van der Waals surface area contributed by atoms with E-state index in [-0.39, 0.29) is 0 Å². The highest BCUT2D eigenvalue weighted by atomic mass is 14.5. The summed E-state index contributed by atoms with van der Waals surface area (Å²) in [6.07, 6.45) is 0. The summed E-state index contributed by atoms with van der Waals surface area (Å²) < 4.78 is 0. The van der Waals surface area contributed by atoms with Gasteiger partial charge in [0.2, 0.25) is 0 Å². The van der Waals surface area contributed by atoms with E-state index in [1.807, 2.05) is 24.3 Å². The zero-order valence-corrected chi connectivity index (χ0v) is 6.12. The molecule has 0 amide bonds. The van der Waals surface area contributed by atoms with E-state index >= 15 is 0 Å². The molecule has 0 heterocycles. The molecule has 0 fully saturated rings. The minimum absolute atomic E-state index is 0.811. The molecule has 0 saturated heterocycles. The van der Waals surface area contributed by atoms with E-state index in [2.05, 4.69) is 18.2 Å². The van der Waals surface area contributed by atoms with Crippen molar-refractivity contribution in [1.82, 2.24) is 0 Å². The lowest BCUT2D eigenvalue weighted by molar-refractivity contribution is 1.79. The van der Waals surface area contributed by atoms with Crippen LogP contribution < -0.4 is 5.73 Å². The van der Waals surface area contributed by atoms with Crippen LogP contribution in [0.4, 0.5) is 5.69 Å². The van der Waals surface area contributed by atoms with Gasteiger partial charge < -0.3 is 5.73 Å². The molecule has 0 aliphatic heterocycles. The van der Waals surface area contributed by atoms with Crippen LogP contribution in [0, 0.1) is 0 Å². The van der Waals surface area contributed by atoms with Gasteiger partial charge in [0.1, 0.15) is 0 Å². The summed E-state index contributed by atoms with van der Waals surface area (Å²) in [5.41, 5.74) is 8.91. The fourth-order valence-electron chi connectivity index (χ4n) is 1.22. The second kappa shape index (κ2) is 2.27. The van der Waals surface area contributed by atoms with Gasteiger partial charge in [-0.3, -0.25) is 0 Å². The van der Waals surface area contributed by atoms with Crippen molar-refractivity contribution in [3.05, 3.63) is 42.5 Å². The summed E-state index contributed by atoms with van der Waals surface area (Å²) in [6, 6.07) is 14.1. The summed E-state index contributed by atoms with van der Waals surface area (Å²) >= 11 is 0. The Bertz CT molecular complexity index is 341. The first-order chi connectivity index (χ1) is 5.36. The summed E-state index contributed by atoms with van der Waals surface area (Å²) in [7, 11) is 0. The molecule has 0 spiro atoms. The maximum atomic E-state index is 5.66. The SMILES string of the molecule is Nc1cccc2cccc-2c1. The van der Waals surface area contributed by atoms with Crippen LogP contribution >= 0.6 is 0 Å². The van der Waals surface area contributed by atoms with Crippen LogP contribution in [0.1, 0.15) is 0 Å². The normalized spacial score (nSPS) is 10.2. The van der Waals surface area contributed by atoms with Crippen LogP contribution in [-0.2, 0) is 0 Å². The van der Waals surface area contributed by atoms with Gasteiger partial charge in [-0.05, 0) is 23.3 Å². The molecule has 0 saturated carbocycles. The third-order valence-corrected chi connectivity index (χ3v) is 1.77. The van der Waals surface area contributed by atoms with Crippen LogP contribution in [0.2, 0.25) is 0 Å². The number of nitrogen functional groups attached to an aromatic ring is 1. The highest BCUT2D eigenvalue weighted by molar-refractivity contribution is 5.68. The maximum absolute atomic E-state index is 5.66. The minimum atomic E-state index is 0.811. The van der Waals surface area contributed by atoms with Gasteiger partial charge in [-0.15, -0.1) is 0 Å². The van der Waals surface area contributed by atoms with Crippen molar-refractivity contribution in [2.75, 3.05) is 5.73 Å². The van der Waals surface area contributed by atoms with Crippen molar-refractivity contribution < 1.29 is 0 Å². The molecule has 1 heteroatoms. The Morgan fingerprint density at radius 3 is 2.27 bits per heavy atom. The van der Waals surface area contributed by atoms with Crippen molar-refractivity contribution in [3.63, 3.8) is 0 Å². The van der Waals surface area contributed by atoms with Crippen molar-refractivity contribution in [2.24, 2.45) is 0 Å². The average Bonchev–Trinajstić information content (AvgIpc) is 2.31. The molecule has 0 atom stereocenters. The van der Waals surface area contributed by atoms with Gasteiger partial charge in [0, 0.05) is 5.69 Å². The minimum Gasteiger partial charge on any atom is -0.399 e. The third kappa shape index (κ3) is 1.05. The molecule has 0 radical (unpaired) electrons. The van der Waals surface area contributed by atoms with Crippen LogP contribution in [0.3, 0.4) is 0 Å². The van der Waals surface area contributed by atoms with Crippen molar-refractivity contribution >= 4 is 5.69 Å². The van der Waals surface area contributed by atoms with Crippen molar-refractivity contribution in [3.8, 4) is 11.1 Å². The van der Waals surface area contributed by atoms with Crippen molar-refractivity contribution in [2.45, 2.75) is 0 Å². The predicted octanol–water partition coefficient (Wildman–Crippen LogP) is 2.37. The number of hydrogen-bond donors (Lipinski definition) is 1. The first kappa shape index (κ1) is 6.23. The van der Waals surface area contributed by atoms with E-state index < -0.39 is 0 Å². The van der Waals surface area contributed by atoms with Crippen LogP contribution in [0.5, 0.6) is 0 Å². The molecule has 0 aromatic carbocycles. The van der Waals surface area contributed by atoms with Gasteiger partial charge >= 0.3 is 0 Å². The number of rotatable bonds is 0. The largest absolute Gasteiger partial charge is 0.399 e. The summed E-state index contributed by atoms with van der Waals surface area (Å²) in [5.74, 6) is 0. The predicted molar refractivity (Wildman–Crippen MR) is 47.5 cm³/mol. The number of hydrogen-bond acceptors (Lipinski definition) is 1. The Morgan fingerprint density at radius 1 is 0.818 bits per heavy atom. The first-order valence-electron chi connectivity index (χ1n) is 3.60. The molecule has 2 aliphatic rings.